The molecule has 3 nitrogen and oxygen atoms in total. The van der Waals surface area contributed by atoms with Crippen LogP contribution >= 0.6 is 0 Å². The first kappa shape index (κ1) is 16.6. The molecule has 1 N–H and O–H groups in total. The van der Waals surface area contributed by atoms with E-state index in [4.69, 9.17) is 0 Å². The van der Waals surface area contributed by atoms with Gasteiger partial charge in [0, 0.05) is 19.7 Å². The Bertz CT molecular complexity index is 731. The number of hydrogen-bond donors (Lipinski definition) is 1. The number of carbonyl (C=O) groups excluding carboxylic acids is 1. The zero-order valence-electron chi connectivity index (χ0n) is 13.2. The van der Waals surface area contributed by atoms with Crippen molar-refractivity contribution in [1.82, 2.24) is 4.90 Å². The number of aliphatic hydroxyl groups is 1. The number of aliphatic hydroxyl groups excluding tert-OH is 1. The SMILES string of the molecule is O=C(c1ccc(-c2ccc(F)cc2)cc1F)N1CCCC(CO)C1. The van der Waals surface area contributed by atoms with Gasteiger partial charge in [-0.3, -0.25) is 4.79 Å². The van der Waals surface area contributed by atoms with Crippen LogP contribution in [0.1, 0.15) is 23.2 Å². The molecule has 1 atom stereocenters. The molecule has 24 heavy (non-hydrogen) atoms. The molecule has 0 spiro atoms. The van der Waals surface area contributed by atoms with E-state index in [9.17, 15) is 18.7 Å². The van der Waals surface area contributed by atoms with Crippen LogP contribution in [0.3, 0.4) is 0 Å². The van der Waals surface area contributed by atoms with Crippen LogP contribution in [0.2, 0.25) is 0 Å². The summed E-state index contributed by atoms with van der Waals surface area (Å²) in [5, 5.41) is 9.26. The average molecular weight is 331 g/mol. The van der Waals surface area contributed by atoms with E-state index >= 15 is 0 Å². The fraction of sp³-hybridized carbons (Fsp3) is 0.316. The molecule has 0 saturated carbocycles. The number of carbonyl (C=O) groups is 1. The van der Waals surface area contributed by atoms with Gasteiger partial charge in [0.2, 0.25) is 0 Å². The van der Waals surface area contributed by atoms with E-state index < -0.39 is 5.82 Å². The van der Waals surface area contributed by atoms with Gasteiger partial charge in [0.15, 0.2) is 0 Å². The largest absolute Gasteiger partial charge is 0.396 e. The van der Waals surface area contributed by atoms with Crippen LogP contribution in [-0.4, -0.2) is 35.6 Å². The molecular formula is C19H19F2NO2. The summed E-state index contributed by atoms with van der Waals surface area (Å²) in [6.07, 6.45) is 1.69. The maximum absolute atomic E-state index is 14.4. The molecule has 2 aromatic rings. The van der Waals surface area contributed by atoms with Crippen molar-refractivity contribution in [1.29, 1.82) is 0 Å². The minimum absolute atomic E-state index is 0.0273. The molecule has 2 aromatic carbocycles. The van der Waals surface area contributed by atoms with Crippen molar-refractivity contribution in [3.8, 4) is 11.1 Å². The predicted molar refractivity (Wildman–Crippen MR) is 87.5 cm³/mol. The number of likely N-dealkylation sites (tertiary alicyclic amines) is 1. The van der Waals surface area contributed by atoms with Crippen LogP contribution in [0, 0.1) is 17.6 Å². The first-order valence-electron chi connectivity index (χ1n) is 8.04. The molecule has 1 saturated heterocycles. The van der Waals surface area contributed by atoms with Gasteiger partial charge >= 0.3 is 0 Å². The molecule has 0 aromatic heterocycles. The molecule has 3 rings (SSSR count). The van der Waals surface area contributed by atoms with E-state index in [1.807, 2.05) is 0 Å². The second-order valence-corrected chi connectivity index (χ2v) is 6.14. The molecule has 1 heterocycles. The minimum atomic E-state index is -0.590. The maximum atomic E-state index is 14.4. The van der Waals surface area contributed by atoms with Crippen molar-refractivity contribution in [3.63, 3.8) is 0 Å². The lowest BCUT2D eigenvalue weighted by Crippen LogP contribution is -2.41. The van der Waals surface area contributed by atoms with Crippen molar-refractivity contribution >= 4 is 5.91 Å². The monoisotopic (exact) mass is 331 g/mol. The molecule has 1 amide bonds. The Hall–Kier alpha value is -2.27. The lowest BCUT2D eigenvalue weighted by molar-refractivity contribution is 0.0616. The Balaban J connectivity index is 1.81. The summed E-state index contributed by atoms with van der Waals surface area (Å²) < 4.78 is 27.4. The van der Waals surface area contributed by atoms with Gasteiger partial charge in [-0.05, 0) is 54.2 Å². The van der Waals surface area contributed by atoms with Crippen molar-refractivity contribution in [2.24, 2.45) is 5.92 Å². The summed E-state index contributed by atoms with van der Waals surface area (Å²) in [4.78, 5) is 14.1. The first-order chi connectivity index (χ1) is 11.6. The molecule has 0 bridgehead atoms. The van der Waals surface area contributed by atoms with Crippen molar-refractivity contribution in [2.75, 3.05) is 19.7 Å². The van der Waals surface area contributed by atoms with Crippen LogP contribution in [0.25, 0.3) is 11.1 Å². The average Bonchev–Trinajstić information content (AvgIpc) is 2.62. The van der Waals surface area contributed by atoms with Crippen LogP contribution in [-0.2, 0) is 0 Å². The highest BCUT2D eigenvalue weighted by Gasteiger charge is 2.25. The summed E-state index contributed by atoms with van der Waals surface area (Å²) >= 11 is 0. The van der Waals surface area contributed by atoms with Crippen LogP contribution in [0.5, 0.6) is 0 Å². The highest BCUT2D eigenvalue weighted by molar-refractivity contribution is 5.95. The maximum Gasteiger partial charge on any atom is 0.256 e. The van der Waals surface area contributed by atoms with E-state index in [1.165, 1.54) is 24.3 Å². The Morgan fingerprint density at radius 2 is 1.83 bits per heavy atom. The highest BCUT2D eigenvalue weighted by atomic mass is 19.1. The third-order valence-corrected chi connectivity index (χ3v) is 4.44. The second-order valence-electron chi connectivity index (χ2n) is 6.14. The first-order valence-corrected chi connectivity index (χ1v) is 8.04. The smallest absolute Gasteiger partial charge is 0.256 e. The molecule has 1 aliphatic heterocycles. The Kier molecular flexibility index (Phi) is 4.90. The summed E-state index contributed by atoms with van der Waals surface area (Å²) in [5.41, 5.74) is 1.31. The van der Waals surface area contributed by atoms with Gasteiger partial charge in [0.1, 0.15) is 11.6 Å². The normalized spacial score (nSPS) is 17.8. The number of halogens is 2. The van der Waals surface area contributed by atoms with Gasteiger partial charge in [-0.25, -0.2) is 8.78 Å². The third-order valence-electron chi connectivity index (χ3n) is 4.44. The van der Waals surface area contributed by atoms with Crippen molar-refractivity contribution in [2.45, 2.75) is 12.8 Å². The predicted octanol–water partition coefficient (Wildman–Crippen LogP) is 3.48. The molecule has 0 aliphatic carbocycles. The number of nitrogens with zero attached hydrogens (tertiary/aromatic N) is 1. The van der Waals surface area contributed by atoms with E-state index in [1.54, 1.807) is 23.1 Å². The van der Waals surface area contributed by atoms with E-state index in [-0.39, 0.29) is 29.8 Å². The molecule has 126 valence electrons. The molecule has 1 fully saturated rings. The van der Waals surface area contributed by atoms with Crippen molar-refractivity contribution < 1.29 is 18.7 Å². The number of rotatable bonds is 3. The van der Waals surface area contributed by atoms with Gasteiger partial charge in [-0.2, -0.15) is 0 Å². The van der Waals surface area contributed by atoms with E-state index in [0.717, 1.165) is 12.8 Å². The summed E-state index contributed by atoms with van der Waals surface area (Å²) in [6, 6.07) is 10.2. The van der Waals surface area contributed by atoms with E-state index in [0.29, 0.717) is 24.2 Å². The number of hydrogen-bond acceptors (Lipinski definition) is 2. The molecule has 0 radical (unpaired) electrons. The van der Waals surface area contributed by atoms with Gasteiger partial charge < -0.3 is 10.0 Å². The molecule has 5 heteroatoms. The molecule has 1 unspecified atom stereocenters. The summed E-state index contributed by atoms with van der Waals surface area (Å²) in [7, 11) is 0. The third kappa shape index (κ3) is 3.46. The molecular weight excluding hydrogens is 312 g/mol. The number of piperidine rings is 1. The number of benzene rings is 2. The zero-order valence-corrected chi connectivity index (χ0v) is 13.2. The Morgan fingerprint density at radius 3 is 2.50 bits per heavy atom. The van der Waals surface area contributed by atoms with E-state index in [2.05, 4.69) is 0 Å². The van der Waals surface area contributed by atoms with Crippen LogP contribution in [0.4, 0.5) is 8.78 Å². The van der Waals surface area contributed by atoms with Crippen molar-refractivity contribution in [3.05, 3.63) is 59.7 Å². The van der Waals surface area contributed by atoms with Gasteiger partial charge in [0.05, 0.1) is 5.56 Å². The summed E-state index contributed by atoms with van der Waals surface area (Å²) in [6.45, 7) is 1.07. The fourth-order valence-corrected chi connectivity index (χ4v) is 3.08. The molecule has 1 aliphatic rings. The lowest BCUT2D eigenvalue weighted by Gasteiger charge is -2.32. The summed E-state index contributed by atoms with van der Waals surface area (Å²) in [5.74, 6) is -1.23. The van der Waals surface area contributed by atoms with Gasteiger partial charge in [-0.1, -0.05) is 18.2 Å². The standard InChI is InChI=1S/C19H19F2NO2/c20-16-6-3-14(4-7-16)15-5-8-17(18(21)10-15)19(24)22-9-1-2-13(11-22)12-23/h3-8,10,13,23H,1-2,9,11-12H2. The fourth-order valence-electron chi connectivity index (χ4n) is 3.08. The number of amides is 1. The second kappa shape index (κ2) is 7.09. The quantitative estimate of drug-likeness (QED) is 0.935. The van der Waals surface area contributed by atoms with Gasteiger partial charge in [-0.15, -0.1) is 0 Å². The Morgan fingerprint density at radius 1 is 1.12 bits per heavy atom. The topological polar surface area (TPSA) is 40.5 Å². The van der Waals surface area contributed by atoms with Crippen LogP contribution in [0.15, 0.2) is 42.5 Å². The minimum Gasteiger partial charge on any atom is -0.396 e. The van der Waals surface area contributed by atoms with Crippen LogP contribution < -0.4 is 0 Å². The Labute approximate surface area is 139 Å². The lowest BCUT2D eigenvalue weighted by atomic mass is 9.97. The highest BCUT2D eigenvalue weighted by Crippen LogP contribution is 2.24. The zero-order chi connectivity index (χ0) is 17.1. The van der Waals surface area contributed by atoms with Gasteiger partial charge in [0.25, 0.3) is 5.91 Å².